The van der Waals surface area contributed by atoms with Crippen LogP contribution in [0.4, 0.5) is 0 Å². The third-order valence-corrected chi connectivity index (χ3v) is 12.3. The number of hydrogen-bond acceptors (Lipinski definition) is 4. The minimum atomic E-state index is -1.79. The van der Waals surface area contributed by atoms with E-state index < -0.39 is 14.8 Å². The Hall–Kier alpha value is -0.328. The molecule has 0 aromatic heterocycles. The van der Waals surface area contributed by atoms with Crippen LogP contribution in [-0.4, -0.2) is 33.4 Å². The van der Waals surface area contributed by atoms with Crippen LogP contribution in [0.5, 0.6) is 0 Å². The molecule has 0 unspecified atom stereocenters. The normalized spacial score (nSPS) is 37.2. The van der Waals surface area contributed by atoms with Crippen LogP contribution in [0.3, 0.4) is 0 Å². The summed E-state index contributed by atoms with van der Waals surface area (Å²) in [5.74, 6) is 1.26. The van der Waals surface area contributed by atoms with Crippen molar-refractivity contribution in [2.75, 3.05) is 6.61 Å². The monoisotopic (exact) mass is 366 g/mol. The molecule has 3 rings (SSSR count). The van der Waals surface area contributed by atoms with Crippen molar-refractivity contribution in [3.63, 3.8) is 0 Å². The first-order valence-corrected chi connectivity index (χ1v) is 13.3. The molecule has 3 saturated heterocycles. The molecule has 0 aliphatic carbocycles. The first kappa shape index (κ1) is 19.4. The predicted octanol–water partition coefficient (Wildman–Crippen LogP) is 4.71. The van der Waals surface area contributed by atoms with Gasteiger partial charge in [-0.2, -0.15) is 0 Å². The minimum Gasteiger partial charge on any atom is -0.673 e. The molecule has 0 saturated carbocycles. The topological polar surface area (TPSA) is 47.6 Å². The lowest BCUT2D eigenvalue weighted by Gasteiger charge is -2.55. The first-order chi connectivity index (χ1) is 11.6. The molecule has 6 heteroatoms. The Balaban J connectivity index is 1.67. The van der Waals surface area contributed by atoms with Gasteiger partial charge in [-0.15, -0.1) is 11.6 Å². The van der Waals surface area contributed by atoms with Crippen LogP contribution >= 0.6 is 0 Å². The third-order valence-electron chi connectivity index (χ3n) is 7.79. The van der Waals surface area contributed by atoms with Gasteiger partial charge in [-0.3, -0.25) is 4.79 Å². The highest BCUT2D eigenvalue weighted by Crippen LogP contribution is 2.54. The van der Waals surface area contributed by atoms with E-state index >= 15 is 0 Å². The van der Waals surface area contributed by atoms with E-state index in [4.69, 9.17) is 9.08 Å². The maximum atomic E-state index is 12.7. The van der Waals surface area contributed by atoms with Crippen molar-refractivity contribution in [1.82, 2.24) is 5.23 Å². The Bertz CT molecular complexity index is 497. The van der Waals surface area contributed by atoms with Gasteiger partial charge in [0.1, 0.15) is 0 Å². The lowest BCUT2D eigenvalue weighted by molar-refractivity contribution is -0.136. The molecule has 3 aliphatic heterocycles. The number of carbonyl (C=O) groups excluding carboxylic acids is 1. The molecule has 4 nitrogen and oxygen atoms in total. The fraction of sp³-hybridized carbons (Fsp3) is 0.947. The zero-order valence-electron chi connectivity index (χ0n) is 17.1. The van der Waals surface area contributed by atoms with Crippen molar-refractivity contribution in [1.29, 1.82) is 0 Å². The number of carbonyl (C=O) groups is 1. The highest BCUT2D eigenvalue weighted by molar-refractivity contribution is 6.77. The molecule has 0 radical (unpaired) electrons. The predicted molar refractivity (Wildman–Crippen MR) is 106 cm³/mol. The van der Waals surface area contributed by atoms with E-state index in [0.29, 0.717) is 18.2 Å². The zero-order valence-corrected chi connectivity index (χ0v) is 18.1. The fourth-order valence-electron chi connectivity index (χ4n) is 5.11. The SMILES string of the molecule is C[C@@H](CO[Si](C)(C)C(C)(C)C)[C@H]1N[B-]2(OC1=O)C1CCCC2CCC1. The van der Waals surface area contributed by atoms with E-state index in [1.165, 1.54) is 38.5 Å². The maximum Gasteiger partial charge on any atom is 0.273 e. The summed E-state index contributed by atoms with van der Waals surface area (Å²) in [7, 11) is -1.79. The molecule has 3 heterocycles. The fourth-order valence-corrected chi connectivity index (χ4v) is 6.22. The highest BCUT2D eigenvalue weighted by Gasteiger charge is 2.54. The molecule has 3 fully saturated rings. The van der Waals surface area contributed by atoms with E-state index in [1.807, 2.05) is 0 Å². The molecular formula is C19H37BNO3Si-. The van der Waals surface area contributed by atoms with Gasteiger partial charge in [-0.25, -0.2) is 0 Å². The summed E-state index contributed by atoms with van der Waals surface area (Å²) in [6.45, 7) is 12.9. The van der Waals surface area contributed by atoms with Gasteiger partial charge in [0.05, 0.1) is 6.04 Å². The molecule has 3 aliphatic rings. The summed E-state index contributed by atoms with van der Waals surface area (Å²) < 4.78 is 12.5. The van der Waals surface area contributed by atoms with Crippen LogP contribution in [0, 0.1) is 5.92 Å². The highest BCUT2D eigenvalue weighted by atomic mass is 28.4. The van der Waals surface area contributed by atoms with Crippen molar-refractivity contribution in [3.8, 4) is 0 Å². The van der Waals surface area contributed by atoms with Gasteiger partial charge in [0.25, 0.3) is 5.97 Å². The molecular weight excluding hydrogens is 329 g/mol. The summed E-state index contributed by atoms with van der Waals surface area (Å²) in [6.07, 6.45) is 7.48. The molecule has 1 N–H and O–H groups in total. The first-order valence-electron chi connectivity index (χ1n) is 10.4. The minimum absolute atomic E-state index is 0.0230. The molecule has 2 atom stereocenters. The lowest BCUT2D eigenvalue weighted by Crippen LogP contribution is -2.61. The summed E-state index contributed by atoms with van der Waals surface area (Å²) in [6, 6.07) is -0.189. The average Bonchev–Trinajstić information content (AvgIpc) is 2.81. The summed E-state index contributed by atoms with van der Waals surface area (Å²) in [4.78, 5) is 12.7. The Kier molecular flexibility index (Phi) is 5.19. The maximum absolute atomic E-state index is 12.7. The number of nitrogens with one attached hydrogen (secondary N) is 1. The Morgan fingerprint density at radius 3 is 2.20 bits per heavy atom. The van der Waals surface area contributed by atoms with Crippen molar-refractivity contribution in [2.24, 2.45) is 5.92 Å². The Labute approximate surface area is 154 Å². The second-order valence-corrected chi connectivity index (χ2v) is 15.2. The van der Waals surface area contributed by atoms with Crippen molar-refractivity contribution in [3.05, 3.63) is 0 Å². The van der Waals surface area contributed by atoms with Gasteiger partial charge < -0.3 is 14.3 Å². The largest absolute Gasteiger partial charge is 0.673 e. The number of rotatable bonds is 4. The van der Waals surface area contributed by atoms with Gasteiger partial charge in [-0.1, -0.05) is 66.2 Å². The molecule has 25 heavy (non-hydrogen) atoms. The summed E-state index contributed by atoms with van der Waals surface area (Å²) in [5.41, 5.74) is 0. The molecule has 0 amide bonds. The van der Waals surface area contributed by atoms with E-state index in [0.717, 1.165) is 0 Å². The Morgan fingerprint density at radius 2 is 1.72 bits per heavy atom. The van der Waals surface area contributed by atoms with Crippen molar-refractivity contribution >= 4 is 20.8 Å². The number of hydrogen-bond donors (Lipinski definition) is 1. The van der Waals surface area contributed by atoms with Crippen LogP contribution < -0.4 is 5.23 Å². The Morgan fingerprint density at radius 1 is 1.20 bits per heavy atom. The van der Waals surface area contributed by atoms with E-state index in [1.54, 1.807) is 0 Å². The molecule has 0 aromatic rings. The van der Waals surface area contributed by atoms with Crippen LogP contribution in [0.25, 0.3) is 0 Å². The quantitative estimate of drug-likeness (QED) is 0.732. The third kappa shape index (κ3) is 3.46. The standard InChI is InChI=1S/C19H37BNO3Si/c1-14(13-23-25(5,6)19(2,3)4)17-18(22)24-20(21-17)15-9-7-10-16(20)12-8-11-15/h14-17,21H,7-13H2,1-6H3/q-1/t14-,15?,16?,17+,20?/m0/s1. The van der Waals surface area contributed by atoms with Gasteiger partial charge in [0.2, 0.25) is 6.48 Å². The van der Waals surface area contributed by atoms with Gasteiger partial charge >= 0.3 is 0 Å². The summed E-state index contributed by atoms with van der Waals surface area (Å²) in [5, 5.41) is 3.96. The lowest BCUT2D eigenvalue weighted by atomic mass is 9.28. The average molecular weight is 366 g/mol. The van der Waals surface area contributed by atoms with Crippen molar-refractivity contribution in [2.45, 2.75) is 102 Å². The van der Waals surface area contributed by atoms with E-state index in [2.05, 4.69) is 46.0 Å². The molecule has 1 spiro atoms. The zero-order chi connectivity index (χ0) is 18.5. The van der Waals surface area contributed by atoms with E-state index in [9.17, 15) is 4.79 Å². The van der Waals surface area contributed by atoms with Gasteiger partial charge in [0.15, 0.2) is 8.32 Å². The van der Waals surface area contributed by atoms with Crippen molar-refractivity contribution < 1.29 is 13.9 Å². The van der Waals surface area contributed by atoms with Gasteiger partial charge in [-0.05, 0) is 18.1 Å². The molecule has 144 valence electrons. The van der Waals surface area contributed by atoms with Crippen LogP contribution in [-0.2, 0) is 13.9 Å². The van der Waals surface area contributed by atoms with E-state index in [-0.39, 0.29) is 23.0 Å². The van der Waals surface area contributed by atoms with Crippen LogP contribution in [0.2, 0.25) is 29.8 Å². The molecule has 2 bridgehead atoms. The van der Waals surface area contributed by atoms with Crippen LogP contribution in [0.15, 0.2) is 0 Å². The second kappa shape index (κ2) is 6.68. The smallest absolute Gasteiger partial charge is 0.273 e. The van der Waals surface area contributed by atoms with Gasteiger partial charge in [0, 0.05) is 12.5 Å². The molecule has 0 aromatic carbocycles. The second-order valence-electron chi connectivity index (χ2n) is 10.4. The summed E-state index contributed by atoms with van der Waals surface area (Å²) >= 11 is 0. The van der Waals surface area contributed by atoms with Crippen LogP contribution in [0.1, 0.15) is 66.2 Å².